The van der Waals surface area contributed by atoms with E-state index in [0.717, 1.165) is 17.8 Å². The quantitative estimate of drug-likeness (QED) is 0.190. The van der Waals surface area contributed by atoms with Crippen LogP contribution in [0.1, 0.15) is 18.2 Å². The molecule has 1 aromatic carbocycles. The van der Waals surface area contributed by atoms with Crippen LogP contribution in [0.5, 0.6) is 11.5 Å². The lowest BCUT2D eigenvalue weighted by atomic mass is 10.2. The first-order valence-electron chi connectivity index (χ1n) is 9.24. The van der Waals surface area contributed by atoms with Crippen LogP contribution in [0, 0.1) is 0 Å². The zero-order valence-electron chi connectivity index (χ0n) is 17.4. The van der Waals surface area contributed by atoms with Crippen molar-refractivity contribution in [2.24, 2.45) is 4.99 Å². The minimum atomic E-state index is -4.51. The normalized spacial score (nSPS) is 11.4. The third-order valence-corrected chi connectivity index (χ3v) is 3.89. The van der Waals surface area contributed by atoms with E-state index in [1.807, 2.05) is 19.1 Å². The third-order valence-electron chi connectivity index (χ3n) is 3.89. The highest BCUT2D eigenvalue weighted by Crippen LogP contribution is 2.27. The smallest absolute Gasteiger partial charge is 0.433 e. The number of halogens is 4. The molecule has 8 nitrogen and oxygen atoms in total. The molecule has 172 valence electrons. The summed E-state index contributed by atoms with van der Waals surface area (Å²) in [6.45, 7) is 3.64. The van der Waals surface area contributed by atoms with Crippen molar-refractivity contribution < 1.29 is 22.6 Å². The molecule has 0 saturated heterocycles. The van der Waals surface area contributed by atoms with Crippen molar-refractivity contribution in [2.45, 2.75) is 19.6 Å². The Morgan fingerprint density at radius 1 is 1.10 bits per heavy atom. The second-order valence-corrected chi connectivity index (χ2v) is 5.99. The first-order valence-corrected chi connectivity index (χ1v) is 9.24. The molecule has 0 aliphatic rings. The summed E-state index contributed by atoms with van der Waals surface area (Å²) in [5, 5.41) is 8.96. The molecule has 1 heterocycles. The molecule has 0 amide bonds. The molecule has 2 rings (SSSR count). The Morgan fingerprint density at radius 2 is 1.87 bits per heavy atom. The summed E-state index contributed by atoms with van der Waals surface area (Å²) in [5.41, 5.74) is -0.109. The van der Waals surface area contributed by atoms with Crippen LogP contribution in [0.4, 0.5) is 19.1 Å². The first kappa shape index (κ1) is 26.5. The number of benzene rings is 1. The number of aromatic nitrogens is 2. The van der Waals surface area contributed by atoms with Gasteiger partial charge in [0, 0.05) is 37.5 Å². The van der Waals surface area contributed by atoms with Gasteiger partial charge in [-0.25, -0.2) is 15.0 Å². The Bertz CT molecular complexity index is 852. The number of ether oxygens (including phenoxy) is 2. The number of hydrogen-bond acceptors (Lipinski definition) is 6. The fraction of sp³-hybridized carbons (Fsp3) is 0.421. The van der Waals surface area contributed by atoms with Gasteiger partial charge in [-0.2, -0.15) is 13.2 Å². The summed E-state index contributed by atoms with van der Waals surface area (Å²) >= 11 is 0. The van der Waals surface area contributed by atoms with Crippen LogP contribution < -0.4 is 25.4 Å². The molecular weight excluding hydrogens is 528 g/mol. The molecule has 0 aliphatic carbocycles. The van der Waals surface area contributed by atoms with Gasteiger partial charge in [0.05, 0.1) is 20.8 Å². The number of methoxy groups -OCH3 is 2. The molecule has 0 bridgehead atoms. The van der Waals surface area contributed by atoms with E-state index in [0.29, 0.717) is 43.6 Å². The average Bonchev–Trinajstić information content (AvgIpc) is 2.74. The molecule has 1 aromatic heterocycles. The summed E-state index contributed by atoms with van der Waals surface area (Å²) in [6.07, 6.45) is -3.44. The lowest BCUT2D eigenvalue weighted by Crippen LogP contribution is -2.39. The minimum absolute atomic E-state index is 0. The Kier molecular flexibility index (Phi) is 11.1. The van der Waals surface area contributed by atoms with Crippen molar-refractivity contribution in [1.82, 2.24) is 20.6 Å². The Hall–Kier alpha value is -2.51. The summed E-state index contributed by atoms with van der Waals surface area (Å²) in [6, 6.07) is 6.31. The van der Waals surface area contributed by atoms with Gasteiger partial charge in [0.1, 0.15) is 17.2 Å². The maximum absolute atomic E-state index is 12.7. The fourth-order valence-corrected chi connectivity index (χ4v) is 2.45. The molecule has 0 saturated carbocycles. The molecule has 0 aliphatic heterocycles. The Balaban J connectivity index is 0.00000480. The van der Waals surface area contributed by atoms with Gasteiger partial charge in [-0.15, -0.1) is 24.0 Å². The largest absolute Gasteiger partial charge is 0.497 e. The van der Waals surface area contributed by atoms with Gasteiger partial charge < -0.3 is 25.4 Å². The molecule has 2 aromatic rings. The molecule has 0 unspecified atom stereocenters. The molecule has 3 N–H and O–H groups in total. The van der Waals surface area contributed by atoms with Crippen LogP contribution in [0.3, 0.4) is 0 Å². The van der Waals surface area contributed by atoms with Gasteiger partial charge in [-0.3, -0.25) is 0 Å². The van der Waals surface area contributed by atoms with Crippen LogP contribution in [0.15, 0.2) is 35.5 Å². The summed E-state index contributed by atoms with van der Waals surface area (Å²) in [7, 11) is 3.16. The van der Waals surface area contributed by atoms with E-state index in [-0.39, 0.29) is 29.9 Å². The number of nitrogens with zero attached hydrogens (tertiary/aromatic N) is 3. The van der Waals surface area contributed by atoms with E-state index in [2.05, 4.69) is 30.9 Å². The van der Waals surface area contributed by atoms with Gasteiger partial charge >= 0.3 is 6.18 Å². The monoisotopic (exact) mass is 554 g/mol. The highest BCUT2D eigenvalue weighted by atomic mass is 127. The summed E-state index contributed by atoms with van der Waals surface area (Å²) in [4.78, 5) is 11.8. The van der Waals surface area contributed by atoms with E-state index >= 15 is 0 Å². The summed E-state index contributed by atoms with van der Waals surface area (Å²) in [5.74, 6) is 1.82. The van der Waals surface area contributed by atoms with Gasteiger partial charge in [0.15, 0.2) is 5.96 Å². The lowest BCUT2D eigenvalue weighted by Gasteiger charge is -2.13. The van der Waals surface area contributed by atoms with Crippen LogP contribution in [0.25, 0.3) is 0 Å². The second-order valence-electron chi connectivity index (χ2n) is 5.99. The van der Waals surface area contributed by atoms with E-state index in [1.165, 1.54) is 0 Å². The van der Waals surface area contributed by atoms with Crippen LogP contribution >= 0.6 is 24.0 Å². The van der Waals surface area contributed by atoms with Crippen molar-refractivity contribution in [3.8, 4) is 11.5 Å². The standard InChI is InChI=1S/C19H25F3N6O2.HI/c1-4-23-17(27-12-13-5-6-14(29-2)11-15(13)30-3)25-9-10-26-18-24-8-7-16(28-18)19(20,21)22;/h5-8,11H,4,9-10,12H2,1-3H3,(H2,23,25,27)(H,24,26,28);1H. The molecule has 0 fully saturated rings. The highest BCUT2D eigenvalue weighted by Gasteiger charge is 2.32. The zero-order valence-corrected chi connectivity index (χ0v) is 19.7. The van der Waals surface area contributed by atoms with Crippen molar-refractivity contribution in [2.75, 3.05) is 39.2 Å². The second kappa shape index (κ2) is 13.0. The topological polar surface area (TPSA) is 92.7 Å². The maximum Gasteiger partial charge on any atom is 0.433 e. The predicted molar refractivity (Wildman–Crippen MR) is 123 cm³/mol. The molecule has 0 atom stereocenters. The van der Waals surface area contributed by atoms with Crippen molar-refractivity contribution in [3.63, 3.8) is 0 Å². The van der Waals surface area contributed by atoms with E-state index in [9.17, 15) is 13.2 Å². The van der Waals surface area contributed by atoms with Gasteiger partial charge in [0.2, 0.25) is 5.95 Å². The number of rotatable bonds is 9. The number of anilines is 1. The van der Waals surface area contributed by atoms with E-state index in [4.69, 9.17) is 9.47 Å². The highest BCUT2D eigenvalue weighted by molar-refractivity contribution is 14.0. The number of aliphatic imine (C=N–C) groups is 1. The molecule has 0 radical (unpaired) electrons. The third kappa shape index (κ3) is 8.63. The maximum atomic E-state index is 12.7. The van der Waals surface area contributed by atoms with Crippen LogP contribution in [0.2, 0.25) is 0 Å². The lowest BCUT2D eigenvalue weighted by molar-refractivity contribution is -0.141. The van der Waals surface area contributed by atoms with Crippen molar-refractivity contribution in [3.05, 3.63) is 41.7 Å². The molecule has 0 spiro atoms. The van der Waals surface area contributed by atoms with Crippen LogP contribution in [-0.2, 0) is 12.7 Å². The predicted octanol–water partition coefficient (Wildman–Crippen LogP) is 3.30. The number of nitrogens with one attached hydrogen (secondary N) is 3. The first-order chi connectivity index (χ1) is 14.4. The Morgan fingerprint density at radius 3 is 2.52 bits per heavy atom. The average molecular weight is 554 g/mol. The fourth-order valence-electron chi connectivity index (χ4n) is 2.45. The Labute approximate surface area is 196 Å². The van der Waals surface area contributed by atoms with Crippen LogP contribution in [-0.4, -0.2) is 49.8 Å². The van der Waals surface area contributed by atoms with E-state index in [1.54, 1.807) is 20.3 Å². The van der Waals surface area contributed by atoms with Gasteiger partial charge in [-0.05, 0) is 25.1 Å². The minimum Gasteiger partial charge on any atom is -0.497 e. The molecular formula is C19H26F3IN6O2. The SMILES string of the molecule is CCNC(=NCc1ccc(OC)cc1OC)NCCNc1nccc(C(F)(F)F)n1.I. The number of alkyl halides is 3. The van der Waals surface area contributed by atoms with Gasteiger partial charge in [-0.1, -0.05) is 0 Å². The molecule has 12 heteroatoms. The van der Waals surface area contributed by atoms with Crippen molar-refractivity contribution >= 4 is 35.9 Å². The summed E-state index contributed by atoms with van der Waals surface area (Å²) < 4.78 is 48.6. The number of guanidine groups is 1. The molecule has 31 heavy (non-hydrogen) atoms. The zero-order chi connectivity index (χ0) is 22.0. The van der Waals surface area contributed by atoms with Crippen molar-refractivity contribution in [1.29, 1.82) is 0 Å². The van der Waals surface area contributed by atoms with E-state index < -0.39 is 11.9 Å². The number of hydrogen-bond donors (Lipinski definition) is 3. The van der Waals surface area contributed by atoms with Gasteiger partial charge in [0.25, 0.3) is 0 Å².